The van der Waals surface area contributed by atoms with Crippen LogP contribution in [0.2, 0.25) is 0 Å². The van der Waals surface area contributed by atoms with Crippen molar-refractivity contribution in [2.24, 2.45) is 0 Å². The Balaban J connectivity index is 1.61. The molecule has 0 aliphatic carbocycles. The van der Waals surface area contributed by atoms with Gasteiger partial charge in [-0.1, -0.05) is 24.1 Å². The van der Waals surface area contributed by atoms with Crippen LogP contribution in [0.5, 0.6) is 5.75 Å². The summed E-state index contributed by atoms with van der Waals surface area (Å²) in [6.45, 7) is 4.52. The molecule has 0 bridgehead atoms. The molecule has 2 amide bonds. The Morgan fingerprint density at radius 2 is 1.89 bits per heavy atom. The maximum absolute atomic E-state index is 11.9. The number of nitrogens with one attached hydrogen (secondary N) is 2. The van der Waals surface area contributed by atoms with Crippen molar-refractivity contribution in [3.8, 4) is 18.1 Å². The number of anilines is 1. The molecule has 0 aliphatic rings. The van der Waals surface area contributed by atoms with Crippen LogP contribution in [0.25, 0.3) is 0 Å². The smallest absolute Gasteiger partial charge is 0.243 e. The lowest BCUT2D eigenvalue weighted by Gasteiger charge is -2.10. The highest BCUT2D eigenvalue weighted by Gasteiger charge is 2.07. The fraction of sp³-hybridized carbons (Fsp3) is 0.304. The van der Waals surface area contributed by atoms with Crippen molar-refractivity contribution in [2.45, 2.75) is 33.1 Å². The molecule has 2 aromatic rings. The molecule has 28 heavy (non-hydrogen) atoms. The Bertz CT molecular complexity index is 868. The number of benzene rings is 2. The molecule has 0 fully saturated rings. The maximum atomic E-state index is 11.9. The van der Waals surface area contributed by atoms with E-state index in [1.54, 1.807) is 24.3 Å². The van der Waals surface area contributed by atoms with Crippen LogP contribution in [0.15, 0.2) is 42.5 Å². The first-order valence-electron chi connectivity index (χ1n) is 9.31. The minimum absolute atomic E-state index is 0.0713. The van der Waals surface area contributed by atoms with Gasteiger partial charge in [0.25, 0.3) is 0 Å². The number of unbranched alkanes of at least 4 members (excludes halogenated alkanes) is 1. The number of carbonyl (C=O) groups excluding carboxylic acids is 2. The Hall–Kier alpha value is -3.26. The average Bonchev–Trinajstić information content (AvgIpc) is 2.68. The Labute approximate surface area is 166 Å². The zero-order valence-electron chi connectivity index (χ0n) is 16.4. The van der Waals surface area contributed by atoms with E-state index in [9.17, 15) is 9.59 Å². The standard InChI is InChI=1S/C23H26N2O3/c1-4-19-8-7-9-20(15-19)25-23(27)16-24-22(26)10-5-6-13-28-21-14-17(2)11-12-18(21)3/h1,7-9,11-12,14-15H,5-6,10,13,16H2,2-3H3,(H,24,26)(H,25,27). The van der Waals surface area contributed by atoms with Crippen molar-refractivity contribution in [3.05, 3.63) is 59.2 Å². The van der Waals surface area contributed by atoms with Gasteiger partial charge in [0.1, 0.15) is 5.75 Å². The van der Waals surface area contributed by atoms with Gasteiger partial charge in [-0.05, 0) is 62.1 Å². The summed E-state index contributed by atoms with van der Waals surface area (Å²) in [5, 5.41) is 5.33. The van der Waals surface area contributed by atoms with Crippen molar-refractivity contribution >= 4 is 17.5 Å². The molecule has 0 atom stereocenters. The molecule has 0 heterocycles. The largest absolute Gasteiger partial charge is 0.493 e. The van der Waals surface area contributed by atoms with Gasteiger partial charge in [0.15, 0.2) is 0 Å². The van der Waals surface area contributed by atoms with Gasteiger partial charge in [-0.2, -0.15) is 0 Å². The van der Waals surface area contributed by atoms with E-state index in [2.05, 4.69) is 22.6 Å². The van der Waals surface area contributed by atoms with Crippen LogP contribution in [0.3, 0.4) is 0 Å². The molecular weight excluding hydrogens is 352 g/mol. The van der Waals surface area contributed by atoms with Gasteiger partial charge < -0.3 is 15.4 Å². The first-order valence-corrected chi connectivity index (χ1v) is 9.31. The quantitative estimate of drug-likeness (QED) is 0.518. The van der Waals surface area contributed by atoms with Gasteiger partial charge in [0.2, 0.25) is 11.8 Å². The van der Waals surface area contributed by atoms with E-state index in [4.69, 9.17) is 11.2 Å². The molecule has 0 saturated carbocycles. The second-order valence-corrected chi connectivity index (χ2v) is 6.62. The summed E-state index contributed by atoms with van der Waals surface area (Å²) in [4.78, 5) is 23.8. The van der Waals surface area contributed by atoms with Crippen LogP contribution >= 0.6 is 0 Å². The molecule has 2 aromatic carbocycles. The van der Waals surface area contributed by atoms with Crippen molar-refractivity contribution in [1.82, 2.24) is 5.32 Å². The number of hydrogen-bond acceptors (Lipinski definition) is 3. The van der Waals surface area contributed by atoms with Crippen LogP contribution in [0, 0.1) is 26.2 Å². The van der Waals surface area contributed by atoms with Gasteiger partial charge >= 0.3 is 0 Å². The molecule has 146 valence electrons. The van der Waals surface area contributed by atoms with Crippen molar-refractivity contribution in [1.29, 1.82) is 0 Å². The Kier molecular flexibility index (Phi) is 8.11. The van der Waals surface area contributed by atoms with Crippen LogP contribution in [0.1, 0.15) is 36.0 Å². The summed E-state index contributed by atoms with van der Waals surface area (Å²) in [6.07, 6.45) is 7.16. The zero-order chi connectivity index (χ0) is 20.4. The predicted molar refractivity (Wildman–Crippen MR) is 111 cm³/mol. The normalized spacial score (nSPS) is 10.0. The summed E-state index contributed by atoms with van der Waals surface area (Å²) in [5.41, 5.74) is 3.55. The molecule has 2 rings (SSSR count). The SMILES string of the molecule is C#Cc1cccc(NC(=O)CNC(=O)CCCCOc2cc(C)ccc2C)c1. The fourth-order valence-corrected chi connectivity index (χ4v) is 2.59. The fourth-order valence-electron chi connectivity index (χ4n) is 2.59. The van der Waals surface area contributed by atoms with E-state index in [1.165, 1.54) is 0 Å². The monoisotopic (exact) mass is 378 g/mol. The molecule has 5 heteroatoms. The molecule has 0 radical (unpaired) electrons. The molecule has 0 aromatic heterocycles. The Morgan fingerprint density at radius 1 is 1.07 bits per heavy atom. The second-order valence-electron chi connectivity index (χ2n) is 6.62. The first kappa shape index (κ1) is 21.0. The highest BCUT2D eigenvalue weighted by atomic mass is 16.5. The van der Waals surface area contributed by atoms with Crippen LogP contribution < -0.4 is 15.4 Å². The molecule has 0 unspecified atom stereocenters. The predicted octanol–water partition coefficient (Wildman–Crippen LogP) is 3.59. The Morgan fingerprint density at radius 3 is 2.68 bits per heavy atom. The summed E-state index contributed by atoms with van der Waals surface area (Å²) >= 11 is 0. The molecule has 0 spiro atoms. The third kappa shape index (κ3) is 7.16. The number of rotatable bonds is 9. The maximum Gasteiger partial charge on any atom is 0.243 e. The summed E-state index contributed by atoms with van der Waals surface area (Å²) in [7, 11) is 0. The topological polar surface area (TPSA) is 67.4 Å². The van der Waals surface area contributed by atoms with Crippen LogP contribution in [0.4, 0.5) is 5.69 Å². The zero-order valence-corrected chi connectivity index (χ0v) is 16.4. The van der Waals surface area contributed by atoms with Crippen LogP contribution in [-0.4, -0.2) is 25.0 Å². The molecular formula is C23H26N2O3. The lowest BCUT2D eigenvalue weighted by atomic mass is 10.1. The third-order valence-corrected chi connectivity index (χ3v) is 4.16. The lowest BCUT2D eigenvalue weighted by Crippen LogP contribution is -2.32. The van der Waals surface area contributed by atoms with E-state index in [-0.39, 0.29) is 18.4 Å². The lowest BCUT2D eigenvalue weighted by molar-refractivity contribution is -0.124. The van der Waals surface area contributed by atoms with Crippen LogP contribution in [-0.2, 0) is 9.59 Å². The van der Waals surface area contributed by atoms with E-state index < -0.39 is 0 Å². The van der Waals surface area contributed by atoms with Gasteiger partial charge in [0, 0.05) is 17.7 Å². The first-order chi connectivity index (χ1) is 13.5. The number of amides is 2. The van der Waals surface area contributed by atoms with E-state index in [0.717, 1.165) is 23.3 Å². The van der Waals surface area contributed by atoms with Gasteiger partial charge in [-0.3, -0.25) is 9.59 Å². The van der Waals surface area contributed by atoms with Gasteiger partial charge in [-0.25, -0.2) is 0 Å². The number of aryl methyl sites for hydroxylation is 2. The number of terminal acetylenes is 1. The minimum Gasteiger partial charge on any atom is -0.493 e. The average molecular weight is 378 g/mol. The van der Waals surface area contributed by atoms with Gasteiger partial charge in [-0.15, -0.1) is 6.42 Å². The number of hydrogen-bond donors (Lipinski definition) is 2. The second kappa shape index (κ2) is 10.8. The summed E-state index contributed by atoms with van der Waals surface area (Å²) in [6, 6.07) is 13.1. The summed E-state index contributed by atoms with van der Waals surface area (Å²) in [5.74, 6) is 2.95. The highest BCUT2D eigenvalue weighted by molar-refractivity contribution is 5.94. The minimum atomic E-state index is -0.291. The van der Waals surface area contributed by atoms with Crippen molar-refractivity contribution < 1.29 is 14.3 Å². The van der Waals surface area contributed by atoms with E-state index >= 15 is 0 Å². The molecule has 5 nitrogen and oxygen atoms in total. The van der Waals surface area contributed by atoms with Gasteiger partial charge in [0.05, 0.1) is 13.2 Å². The third-order valence-electron chi connectivity index (χ3n) is 4.16. The van der Waals surface area contributed by atoms with Crippen molar-refractivity contribution in [2.75, 3.05) is 18.5 Å². The highest BCUT2D eigenvalue weighted by Crippen LogP contribution is 2.19. The molecule has 0 saturated heterocycles. The number of carbonyl (C=O) groups is 2. The number of ether oxygens (including phenoxy) is 1. The van der Waals surface area contributed by atoms with Crippen molar-refractivity contribution in [3.63, 3.8) is 0 Å². The van der Waals surface area contributed by atoms with E-state index in [0.29, 0.717) is 30.7 Å². The molecule has 0 aliphatic heterocycles. The van der Waals surface area contributed by atoms with E-state index in [1.807, 2.05) is 26.0 Å². The summed E-state index contributed by atoms with van der Waals surface area (Å²) < 4.78 is 5.77. The molecule has 2 N–H and O–H groups in total.